The van der Waals surface area contributed by atoms with Gasteiger partial charge in [0.05, 0.1) is 0 Å². The third-order valence-electron chi connectivity index (χ3n) is 2.56. The van der Waals surface area contributed by atoms with E-state index in [1.54, 1.807) is 0 Å². The summed E-state index contributed by atoms with van der Waals surface area (Å²) in [5.74, 6) is 0. The second kappa shape index (κ2) is 5.99. The van der Waals surface area contributed by atoms with E-state index in [1.807, 2.05) is 0 Å². The first-order valence-electron chi connectivity index (χ1n) is 5.52. The highest BCUT2D eigenvalue weighted by Crippen LogP contribution is 2.16. The molecule has 0 rings (SSSR count). The minimum atomic E-state index is -1.02. The van der Waals surface area contributed by atoms with Gasteiger partial charge in [-0.05, 0) is 19.1 Å². The lowest BCUT2D eigenvalue weighted by Gasteiger charge is -2.36. The number of hydrogen-bond acceptors (Lipinski definition) is 1. The predicted molar refractivity (Wildman–Crippen MR) is 67.1 cm³/mol. The van der Waals surface area contributed by atoms with E-state index in [9.17, 15) is 0 Å². The van der Waals surface area contributed by atoms with Gasteiger partial charge in [0.1, 0.15) is 17.2 Å². The first kappa shape index (κ1) is 13.4. The maximum atomic E-state index is 2.77. The smallest absolute Gasteiger partial charge is 0.129 e. The van der Waals surface area contributed by atoms with Crippen LogP contribution >= 0.6 is 0 Å². The van der Waals surface area contributed by atoms with E-state index in [0.29, 0.717) is 0 Å². The SMILES string of the molecule is CCC[Si](CCC)N(C)[Si](C)(C)C. The van der Waals surface area contributed by atoms with E-state index in [4.69, 9.17) is 0 Å². The Morgan fingerprint density at radius 2 is 1.38 bits per heavy atom. The van der Waals surface area contributed by atoms with Gasteiger partial charge in [-0.2, -0.15) is 0 Å². The van der Waals surface area contributed by atoms with Crippen molar-refractivity contribution in [1.29, 1.82) is 0 Å². The molecule has 0 aliphatic carbocycles. The van der Waals surface area contributed by atoms with Crippen LogP contribution in [0.4, 0.5) is 0 Å². The zero-order valence-corrected chi connectivity index (χ0v) is 12.3. The molecule has 0 unspecified atom stereocenters. The molecule has 1 nitrogen and oxygen atoms in total. The Kier molecular flexibility index (Phi) is 6.17. The van der Waals surface area contributed by atoms with Crippen LogP contribution < -0.4 is 0 Å². The van der Waals surface area contributed by atoms with Crippen LogP contribution in [0.5, 0.6) is 0 Å². The summed E-state index contributed by atoms with van der Waals surface area (Å²) in [5.41, 5.74) is 0. The Balaban J connectivity index is 4.18. The van der Waals surface area contributed by atoms with E-state index in [2.05, 4.69) is 44.8 Å². The number of hydrogen-bond donors (Lipinski definition) is 0. The molecule has 0 amide bonds. The summed E-state index contributed by atoms with van der Waals surface area (Å²) in [7, 11) is 1.16. The van der Waals surface area contributed by atoms with Crippen molar-refractivity contribution in [2.24, 2.45) is 0 Å². The summed E-state index contributed by atoms with van der Waals surface area (Å²) in [6.07, 6.45) is 2.73. The third-order valence-corrected chi connectivity index (χ3v) is 10.6. The standard InChI is InChI=1S/C10H26NSi2/c1-7-9-12(10-8-2)11(3)13(4,5)6/h7-10H2,1-6H3. The summed E-state index contributed by atoms with van der Waals surface area (Å²) >= 11 is 0. The molecule has 0 aliphatic heterocycles. The van der Waals surface area contributed by atoms with Crippen molar-refractivity contribution in [2.45, 2.75) is 58.4 Å². The van der Waals surface area contributed by atoms with Gasteiger partial charge in [0.25, 0.3) is 0 Å². The molecule has 0 aromatic rings. The van der Waals surface area contributed by atoms with Crippen LogP contribution in [0.2, 0.25) is 31.7 Å². The Morgan fingerprint density at radius 1 is 1.00 bits per heavy atom. The van der Waals surface area contributed by atoms with E-state index in [0.717, 1.165) is 0 Å². The van der Waals surface area contributed by atoms with E-state index in [-0.39, 0.29) is 8.96 Å². The van der Waals surface area contributed by atoms with Gasteiger partial charge in [0.2, 0.25) is 0 Å². The van der Waals surface area contributed by atoms with Crippen molar-refractivity contribution < 1.29 is 0 Å². The molecule has 0 saturated heterocycles. The zero-order valence-electron chi connectivity index (χ0n) is 10.3. The molecule has 0 aromatic heterocycles. The highest BCUT2D eigenvalue weighted by molar-refractivity contribution is 6.83. The second-order valence-electron chi connectivity index (χ2n) is 4.80. The second-order valence-corrected chi connectivity index (χ2v) is 13.1. The number of rotatable bonds is 6. The van der Waals surface area contributed by atoms with Crippen LogP contribution in [-0.2, 0) is 0 Å². The predicted octanol–water partition coefficient (Wildman–Crippen LogP) is 3.56. The lowest BCUT2D eigenvalue weighted by molar-refractivity contribution is 0.744. The van der Waals surface area contributed by atoms with E-state index >= 15 is 0 Å². The van der Waals surface area contributed by atoms with Crippen LogP contribution in [0.15, 0.2) is 0 Å². The lowest BCUT2D eigenvalue weighted by Crippen LogP contribution is -2.51. The molecular weight excluding hydrogens is 190 g/mol. The molecule has 0 fully saturated rings. The fraction of sp³-hybridized carbons (Fsp3) is 1.00. The molecule has 79 valence electrons. The summed E-state index contributed by atoms with van der Waals surface area (Å²) in [6.45, 7) is 12.0. The fourth-order valence-electron chi connectivity index (χ4n) is 1.51. The van der Waals surface area contributed by atoms with Crippen molar-refractivity contribution in [3.05, 3.63) is 0 Å². The van der Waals surface area contributed by atoms with Crippen molar-refractivity contribution in [3.8, 4) is 0 Å². The molecule has 1 radical (unpaired) electrons. The molecular formula is C10H26NSi2. The number of nitrogens with zero attached hydrogens (tertiary/aromatic N) is 1. The van der Waals surface area contributed by atoms with Crippen LogP contribution in [0.3, 0.4) is 0 Å². The Labute approximate surface area is 87.3 Å². The van der Waals surface area contributed by atoms with Crippen molar-refractivity contribution in [1.82, 2.24) is 4.23 Å². The van der Waals surface area contributed by atoms with E-state index in [1.165, 1.54) is 24.9 Å². The van der Waals surface area contributed by atoms with Crippen molar-refractivity contribution in [2.75, 3.05) is 7.05 Å². The average molecular weight is 216 g/mol. The molecule has 0 aliphatic rings. The maximum absolute atomic E-state index is 2.77. The minimum absolute atomic E-state index is 0.186. The Bertz CT molecular complexity index is 125. The highest BCUT2D eigenvalue weighted by Gasteiger charge is 2.27. The largest absolute Gasteiger partial charge is 0.349 e. The summed E-state index contributed by atoms with van der Waals surface area (Å²) < 4.78 is 2.77. The van der Waals surface area contributed by atoms with Gasteiger partial charge in [-0.15, -0.1) is 0 Å². The molecule has 0 heterocycles. The molecule has 0 bridgehead atoms. The van der Waals surface area contributed by atoms with Gasteiger partial charge >= 0.3 is 0 Å². The summed E-state index contributed by atoms with van der Waals surface area (Å²) in [5, 5.41) is 0. The quantitative estimate of drug-likeness (QED) is 0.614. The molecule has 13 heavy (non-hydrogen) atoms. The normalized spacial score (nSPS) is 12.9. The Morgan fingerprint density at radius 3 is 1.62 bits per heavy atom. The third kappa shape index (κ3) is 4.98. The summed E-state index contributed by atoms with van der Waals surface area (Å²) in [4.78, 5) is 0. The van der Waals surface area contributed by atoms with Gasteiger partial charge in [-0.1, -0.05) is 46.3 Å². The van der Waals surface area contributed by atoms with Gasteiger partial charge in [-0.3, -0.25) is 0 Å². The van der Waals surface area contributed by atoms with Crippen LogP contribution in [0.1, 0.15) is 26.7 Å². The van der Waals surface area contributed by atoms with Gasteiger partial charge in [-0.25, -0.2) is 0 Å². The fourth-order valence-corrected chi connectivity index (χ4v) is 8.05. The zero-order chi connectivity index (χ0) is 10.5. The highest BCUT2D eigenvalue weighted by atomic mass is 28.4. The minimum Gasteiger partial charge on any atom is -0.349 e. The van der Waals surface area contributed by atoms with Gasteiger partial charge in [0, 0.05) is 0 Å². The molecule has 0 spiro atoms. The first-order valence-corrected chi connectivity index (χ1v) is 10.8. The molecule has 0 atom stereocenters. The van der Waals surface area contributed by atoms with Crippen molar-refractivity contribution >= 4 is 17.2 Å². The molecule has 0 saturated carbocycles. The maximum Gasteiger partial charge on any atom is 0.129 e. The average Bonchev–Trinajstić information content (AvgIpc) is 2.01. The molecule has 0 N–H and O–H groups in total. The molecule has 3 heteroatoms. The lowest BCUT2D eigenvalue weighted by atomic mass is 10.6. The van der Waals surface area contributed by atoms with Gasteiger partial charge in [0.15, 0.2) is 0 Å². The Hall–Kier alpha value is 0.394. The van der Waals surface area contributed by atoms with Crippen LogP contribution in [-0.4, -0.2) is 28.5 Å². The van der Waals surface area contributed by atoms with Crippen LogP contribution in [0, 0.1) is 0 Å². The van der Waals surface area contributed by atoms with Crippen molar-refractivity contribution in [3.63, 3.8) is 0 Å². The molecule has 0 aromatic carbocycles. The van der Waals surface area contributed by atoms with Gasteiger partial charge < -0.3 is 4.23 Å². The van der Waals surface area contributed by atoms with Crippen LogP contribution in [0.25, 0.3) is 0 Å². The first-order chi connectivity index (χ1) is 5.93. The van der Waals surface area contributed by atoms with E-state index < -0.39 is 8.24 Å². The monoisotopic (exact) mass is 216 g/mol. The topological polar surface area (TPSA) is 3.24 Å². The summed E-state index contributed by atoms with van der Waals surface area (Å²) in [6, 6.07) is 2.94.